The van der Waals surface area contributed by atoms with Crippen LogP contribution in [-0.4, -0.2) is 46.6 Å². The van der Waals surface area contributed by atoms with Gasteiger partial charge in [0.15, 0.2) is 5.82 Å². The van der Waals surface area contributed by atoms with Gasteiger partial charge in [-0.3, -0.25) is 0 Å². The number of urea groups is 1. The first-order valence-electron chi connectivity index (χ1n) is 9.95. The molecule has 2 heterocycles. The van der Waals surface area contributed by atoms with Crippen LogP contribution >= 0.6 is 27.5 Å². The van der Waals surface area contributed by atoms with Crippen molar-refractivity contribution in [3.8, 4) is 0 Å². The van der Waals surface area contributed by atoms with E-state index in [0.29, 0.717) is 18.8 Å². The zero-order chi connectivity index (χ0) is 21.5. The predicted molar refractivity (Wildman–Crippen MR) is 125 cm³/mol. The summed E-state index contributed by atoms with van der Waals surface area (Å²) in [4.78, 5) is 17.6. The highest BCUT2D eigenvalue weighted by Gasteiger charge is 2.24. The molecule has 1 aromatic carbocycles. The van der Waals surface area contributed by atoms with Crippen LogP contribution in [0, 0.1) is 0 Å². The average Bonchev–Trinajstić information content (AvgIpc) is 3.12. The van der Waals surface area contributed by atoms with Gasteiger partial charge in [0.05, 0.1) is 10.7 Å². The van der Waals surface area contributed by atoms with Gasteiger partial charge in [0.25, 0.3) is 0 Å². The summed E-state index contributed by atoms with van der Waals surface area (Å²) in [6.45, 7) is 5.04. The first kappa shape index (κ1) is 22.4. The number of rotatable bonds is 8. The zero-order valence-corrected chi connectivity index (χ0v) is 19.1. The normalized spacial score (nSPS) is 17.1. The molecular formula is C21H26BrClN6O. The number of nitrogens with zero attached hydrogens (tertiary/aromatic N) is 4. The smallest absolute Gasteiger partial charge is 0.315 e. The van der Waals surface area contributed by atoms with Crippen LogP contribution in [0.25, 0.3) is 5.82 Å². The number of nitrogens with two attached hydrogens (primary N) is 1. The molecule has 0 bridgehead atoms. The second-order valence-electron chi connectivity index (χ2n) is 7.17. The van der Waals surface area contributed by atoms with Crippen LogP contribution in [0.3, 0.4) is 0 Å². The highest BCUT2D eigenvalue weighted by atomic mass is 79.9. The largest absolute Gasteiger partial charge is 0.370 e. The molecule has 3 rings (SSSR count). The van der Waals surface area contributed by atoms with E-state index in [2.05, 4.69) is 38.1 Å². The van der Waals surface area contributed by atoms with E-state index in [1.54, 1.807) is 15.8 Å². The lowest BCUT2D eigenvalue weighted by molar-refractivity contribution is 0.155. The zero-order valence-electron chi connectivity index (χ0n) is 16.7. The highest BCUT2D eigenvalue weighted by Crippen LogP contribution is 2.27. The number of benzene rings is 1. The number of nitrogens with one attached hydrogen (secondary N) is 1. The van der Waals surface area contributed by atoms with Crippen LogP contribution in [-0.2, 0) is 6.42 Å². The molecule has 0 saturated carbocycles. The van der Waals surface area contributed by atoms with E-state index >= 15 is 0 Å². The van der Waals surface area contributed by atoms with Gasteiger partial charge in [-0.2, -0.15) is 9.78 Å². The molecular weight excluding hydrogens is 468 g/mol. The van der Waals surface area contributed by atoms with E-state index in [9.17, 15) is 4.79 Å². The van der Waals surface area contributed by atoms with Crippen molar-refractivity contribution in [1.82, 2.24) is 20.0 Å². The minimum Gasteiger partial charge on any atom is -0.370 e. The number of aliphatic imine (C=N–C) groups is 1. The third-order valence-electron chi connectivity index (χ3n) is 5.25. The monoisotopic (exact) mass is 492 g/mol. The molecule has 2 amide bonds. The molecule has 1 aromatic heterocycles. The number of hydrogen-bond donors (Lipinski definition) is 2. The Labute approximate surface area is 190 Å². The Balaban J connectivity index is 1.76. The molecule has 7 nitrogen and oxygen atoms in total. The molecule has 1 fully saturated rings. The molecule has 1 unspecified atom stereocenters. The summed E-state index contributed by atoms with van der Waals surface area (Å²) < 4.78 is 2.47. The maximum absolute atomic E-state index is 11.7. The molecule has 0 radical (unpaired) electrons. The molecule has 0 spiro atoms. The third-order valence-corrected chi connectivity index (χ3v) is 6.17. The second-order valence-corrected chi connectivity index (χ2v) is 8.43. The molecule has 1 atom stereocenters. The molecule has 3 N–H and O–H groups in total. The number of carbonyl (C=O) groups excluding carboxylic acids is 1. The summed E-state index contributed by atoms with van der Waals surface area (Å²) in [5.74, 6) is 1.40. The SMILES string of the molecule is C=Nc1c(Br)cnn1/C(=C\Cc1ccccc1Cl)NCCC1CCCCN1C(N)=O. The van der Waals surface area contributed by atoms with E-state index in [1.165, 1.54) is 0 Å². The van der Waals surface area contributed by atoms with E-state index in [0.717, 1.165) is 53.1 Å². The minimum absolute atomic E-state index is 0.148. The molecule has 1 aliphatic heterocycles. The van der Waals surface area contributed by atoms with Gasteiger partial charge < -0.3 is 16.0 Å². The number of hydrogen-bond acceptors (Lipinski definition) is 4. The molecule has 2 aromatic rings. The third kappa shape index (κ3) is 5.43. The van der Waals surface area contributed by atoms with Gasteiger partial charge in [-0.05, 0) is 72.5 Å². The number of primary amides is 1. The number of amides is 2. The maximum Gasteiger partial charge on any atom is 0.315 e. The summed E-state index contributed by atoms with van der Waals surface area (Å²) in [6.07, 6.45) is 8.23. The summed E-state index contributed by atoms with van der Waals surface area (Å²) in [5.41, 5.74) is 6.57. The van der Waals surface area contributed by atoms with Crippen molar-refractivity contribution in [1.29, 1.82) is 0 Å². The molecule has 1 aliphatic rings. The standard InChI is InChI=1S/C21H26BrClN6O/c1-25-20-17(22)14-27-29(20)19(10-9-15-6-2-3-8-18(15)23)26-12-11-16-7-4-5-13-28(16)21(24)30/h2-3,6,8,10,14,16,26H,1,4-5,7,9,11-13H2,(H2,24,30)/b19-10-. The number of allylic oxidation sites excluding steroid dienone is 1. The quantitative estimate of drug-likeness (QED) is 0.527. The Bertz CT molecular complexity index is 928. The first-order chi connectivity index (χ1) is 14.5. The molecule has 0 aliphatic carbocycles. The summed E-state index contributed by atoms with van der Waals surface area (Å²) in [5, 5.41) is 8.59. The lowest BCUT2D eigenvalue weighted by Crippen LogP contribution is -2.47. The van der Waals surface area contributed by atoms with Crippen molar-refractivity contribution in [3.63, 3.8) is 0 Å². The Morgan fingerprint density at radius 3 is 2.97 bits per heavy atom. The van der Waals surface area contributed by atoms with Gasteiger partial charge >= 0.3 is 6.03 Å². The molecule has 160 valence electrons. The van der Waals surface area contributed by atoms with Crippen LogP contribution in [0.4, 0.5) is 10.6 Å². The fraction of sp³-hybridized carbons (Fsp3) is 0.381. The van der Waals surface area contributed by atoms with Crippen LogP contribution in [0.15, 0.2) is 46.0 Å². The Kier molecular flexibility index (Phi) is 7.93. The van der Waals surface area contributed by atoms with Gasteiger partial charge in [0.1, 0.15) is 5.82 Å². The van der Waals surface area contributed by atoms with Gasteiger partial charge in [-0.15, -0.1) is 0 Å². The van der Waals surface area contributed by atoms with Gasteiger partial charge in [-0.1, -0.05) is 29.8 Å². The Hall–Kier alpha value is -2.32. The summed E-state index contributed by atoms with van der Waals surface area (Å²) >= 11 is 9.77. The van der Waals surface area contributed by atoms with Crippen molar-refractivity contribution in [3.05, 3.63) is 51.6 Å². The van der Waals surface area contributed by atoms with E-state index in [1.807, 2.05) is 30.3 Å². The highest BCUT2D eigenvalue weighted by molar-refractivity contribution is 9.10. The molecule has 9 heteroatoms. The van der Waals surface area contributed by atoms with Crippen LogP contribution < -0.4 is 11.1 Å². The number of piperidine rings is 1. The van der Waals surface area contributed by atoms with Crippen LogP contribution in [0.2, 0.25) is 5.02 Å². The van der Waals surface area contributed by atoms with Gasteiger partial charge in [-0.25, -0.2) is 9.79 Å². The van der Waals surface area contributed by atoms with Crippen molar-refractivity contribution in [2.24, 2.45) is 10.7 Å². The fourth-order valence-electron chi connectivity index (χ4n) is 3.70. The van der Waals surface area contributed by atoms with E-state index in [-0.39, 0.29) is 12.1 Å². The number of carbonyl (C=O) groups is 1. The Morgan fingerprint density at radius 1 is 1.43 bits per heavy atom. The summed E-state index contributed by atoms with van der Waals surface area (Å²) in [6, 6.07) is 7.55. The van der Waals surface area contributed by atoms with E-state index in [4.69, 9.17) is 17.3 Å². The van der Waals surface area contributed by atoms with Crippen LogP contribution in [0.1, 0.15) is 31.2 Å². The van der Waals surface area contributed by atoms with Gasteiger partial charge in [0, 0.05) is 24.2 Å². The van der Waals surface area contributed by atoms with E-state index < -0.39 is 0 Å². The number of aromatic nitrogens is 2. The first-order valence-corrected chi connectivity index (χ1v) is 11.1. The Morgan fingerprint density at radius 2 is 2.23 bits per heavy atom. The fourth-order valence-corrected chi connectivity index (χ4v) is 4.30. The van der Waals surface area contributed by atoms with Crippen molar-refractivity contribution >= 4 is 51.9 Å². The lowest BCUT2D eigenvalue weighted by Gasteiger charge is -2.34. The number of likely N-dealkylation sites (tertiary alicyclic amines) is 1. The second kappa shape index (κ2) is 10.6. The lowest BCUT2D eigenvalue weighted by atomic mass is 10.00. The topological polar surface area (TPSA) is 88.5 Å². The summed E-state index contributed by atoms with van der Waals surface area (Å²) in [7, 11) is 0. The minimum atomic E-state index is -0.344. The maximum atomic E-state index is 11.7. The average molecular weight is 494 g/mol. The van der Waals surface area contributed by atoms with Crippen molar-refractivity contribution in [2.75, 3.05) is 13.1 Å². The molecule has 30 heavy (non-hydrogen) atoms. The van der Waals surface area contributed by atoms with Gasteiger partial charge in [0.2, 0.25) is 0 Å². The number of halogens is 2. The predicted octanol–water partition coefficient (Wildman–Crippen LogP) is 4.59. The molecule has 1 saturated heterocycles. The van der Waals surface area contributed by atoms with Crippen molar-refractivity contribution < 1.29 is 4.79 Å². The van der Waals surface area contributed by atoms with Crippen LogP contribution in [0.5, 0.6) is 0 Å². The van der Waals surface area contributed by atoms with Crippen molar-refractivity contribution in [2.45, 2.75) is 38.1 Å².